The fourth-order valence-corrected chi connectivity index (χ4v) is 4.23. The molecule has 0 radical (unpaired) electrons. The molecule has 0 spiro atoms. The van der Waals surface area contributed by atoms with Crippen LogP contribution in [0.5, 0.6) is 11.5 Å². The second-order valence-electron chi connectivity index (χ2n) is 6.52. The van der Waals surface area contributed by atoms with Gasteiger partial charge in [0.15, 0.2) is 11.5 Å². The summed E-state index contributed by atoms with van der Waals surface area (Å²) in [5.74, 6) is 1.58. The Balaban J connectivity index is 1.34. The Morgan fingerprint density at radius 1 is 1.28 bits per heavy atom. The average molecular weight is 358 g/mol. The Morgan fingerprint density at radius 2 is 2.12 bits per heavy atom. The highest BCUT2D eigenvalue weighted by molar-refractivity contribution is 7.10. The third-order valence-electron chi connectivity index (χ3n) is 4.70. The van der Waals surface area contributed by atoms with Gasteiger partial charge in [0.25, 0.3) is 0 Å². The Kier molecular flexibility index (Phi) is 4.63. The van der Waals surface area contributed by atoms with Gasteiger partial charge in [0.1, 0.15) is 13.2 Å². The molecule has 1 atom stereocenters. The van der Waals surface area contributed by atoms with E-state index in [2.05, 4.69) is 21.7 Å². The second-order valence-corrected chi connectivity index (χ2v) is 7.52. The molecule has 0 saturated heterocycles. The number of nitrogens with zero attached hydrogens (tertiary/aromatic N) is 1. The predicted molar refractivity (Wildman–Crippen MR) is 97.3 cm³/mol. The van der Waals surface area contributed by atoms with Gasteiger partial charge < -0.3 is 14.8 Å². The number of fused-ring (bicyclic) bond motifs is 2. The van der Waals surface area contributed by atoms with Gasteiger partial charge in [0.05, 0.1) is 12.6 Å². The number of thiophene rings is 1. The van der Waals surface area contributed by atoms with Crippen LogP contribution < -0.4 is 14.8 Å². The maximum absolute atomic E-state index is 12.4. The quantitative estimate of drug-likeness (QED) is 0.913. The van der Waals surface area contributed by atoms with Crippen LogP contribution in [0.1, 0.15) is 29.0 Å². The lowest BCUT2D eigenvalue weighted by molar-refractivity contribution is -0.123. The zero-order valence-corrected chi connectivity index (χ0v) is 15.1. The van der Waals surface area contributed by atoms with Crippen molar-refractivity contribution in [3.63, 3.8) is 0 Å². The van der Waals surface area contributed by atoms with E-state index in [1.165, 1.54) is 10.4 Å². The summed E-state index contributed by atoms with van der Waals surface area (Å²) in [6.45, 7) is 5.39. The lowest BCUT2D eigenvalue weighted by Crippen LogP contribution is -2.40. The van der Waals surface area contributed by atoms with Crippen molar-refractivity contribution in [2.45, 2.75) is 25.9 Å². The summed E-state index contributed by atoms with van der Waals surface area (Å²) in [6.07, 6.45) is 1.04. The number of benzene rings is 1. The molecule has 25 heavy (non-hydrogen) atoms. The number of carbonyl (C=O) groups excluding carboxylic acids is 1. The Bertz CT molecular complexity index is 774. The molecule has 132 valence electrons. The first-order chi connectivity index (χ1) is 12.2. The smallest absolute Gasteiger partial charge is 0.234 e. The molecule has 2 aromatic rings. The third kappa shape index (κ3) is 3.65. The predicted octanol–water partition coefficient (Wildman–Crippen LogP) is 2.75. The molecule has 3 heterocycles. The van der Waals surface area contributed by atoms with Crippen molar-refractivity contribution < 1.29 is 14.3 Å². The number of ether oxygens (including phenoxy) is 2. The highest BCUT2D eigenvalue weighted by atomic mass is 32.1. The summed E-state index contributed by atoms with van der Waals surface area (Å²) in [5, 5.41) is 5.23. The lowest BCUT2D eigenvalue weighted by atomic mass is 10.1. The van der Waals surface area contributed by atoms with Gasteiger partial charge in [-0.3, -0.25) is 9.69 Å². The van der Waals surface area contributed by atoms with Crippen LogP contribution in [0.15, 0.2) is 29.6 Å². The highest BCUT2D eigenvalue weighted by Gasteiger charge is 2.21. The van der Waals surface area contributed by atoms with Crippen LogP contribution in [0.4, 0.5) is 0 Å². The molecule has 0 aliphatic carbocycles. The zero-order chi connectivity index (χ0) is 17.2. The number of hydrogen-bond acceptors (Lipinski definition) is 5. The van der Waals surface area contributed by atoms with Crippen LogP contribution in [0.3, 0.4) is 0 Å². The van der Waals surface area contributed by atoms with Gasteiger partial charge in [-0.05, 0) is 48.1 Å². The first kappa shape index (κ1) is 16.4. The molecule has 1 N–H and O–H groups in total. The van der Waals surface area contributed by atoms with E-state index < -0.39 is 0 Å². The van der Waals surface area contributed by atoms with E-state index in [0.29, 0.717) is 19.8 Å². The maximum atomic E-state index is 12.4. The van der Waals surface area contributed by atoms with Crippen molar-refractivity contribution in [1.82, 2.24) is 10.2 Å². The van der Waals surface area contributed by atoms with E-state index in [-0.39, 0.29) is 11.9 Å². The fraction of sp³-hybridized carbons (Fsp3) is 0.421. The maximum Gasteiger partial charge on any atom is 0.234 e. The molecule has 5 nitrogen and oxygen atoms in total. The van der Waals surface area contributed by atoms with Crippen molar-refractivity contribution in [2.75, 3.05) is 26.3 Å². The van der Waals surface area contributed by atoms with Crippen LogP contribution in [-0.2, 0) is 17.8 Å². The minimum atomic E-state index is -0.0650. The molecule has 1 aromatic heterocycles. The van der Waals surface area contributed by atoms with E-state index in [1.807, 2.05) is 36.5 Å². The molecule has 1 aromatic carbocycles. The number of carbonyl (C=O) groups is 1. The molecule has 0 saturated carbocycles. The highest BCUT2D eigenvalue weighted by Crippen LogP contribution is 2.32. The third-order valence-corrected chi connectivity index (χ3v) is 5.72. The topological polar surface area (TPSA) is 50.8 Å². The van der Waals surface area contributed by atoms with Crippen molar-refractivity contribution in [1.29, 1.82) is 0 Å². The Hall–Kier alpha value is -2.05. The van der Waals surface area contributed by atoms with E-state index >= 15 is 0 Å². The molecule has 1 amide bonds. The zero-order valence-electron chi connectivity index (χ0n) is 14.3. The van der Waals surface area contributed by atoms with E-state index in [4.69, 9.17) is 9.47 Å². The minimum absolute atomic E-state index is 0.0565. The molecule has 4 rings (SSSR count). The van der Waals surface area contributed by atoms with Gasteiger partial charge >= 0.3 is 0 Å². The first-order valence-electron chi connectivity index (χ1n) is 8.65. The van der Waals surface area contributed by atoms with E-state index in [1.54, 1.807) is 0 Å². The molecule has 2 aliphatic rings. The van der Waals surface area contributed by atoms with Crippen molar-refractivity contribution >= 4 is 17.2 Å². The number of nitrogens with one attached hydrogen (secondary N) is 1. The first-order valence-corrected chi connectivity index (χ1v) is 9.53. The number of hydrogen-bond donors (Lipinski definition) is 1. The Labute approximate surface area is 151 Å². The second kappa shape index (κ2) is 7.06. The molecule has 0 bridgehead atoms. The van der Waals surface area contributed by atoms with Crippen LogP contribution in [0.2, 0.25) is 0 Å². The molecular formula is C19H22N2O3S. The van der Waals surface area contributed by atoms with Crippen molar-refractivity contribution in [3.05, 3.63) is 45.6 Å². The minimum Gasteiger partial charge on any atom is -0.486 e. The SMILES string of the molecule is CC(NC(=O)CN1CCc2sccc2C1)c1ccc2c(c1)OCCO2. The van der Waals surface area contributed by atoms with Crippen molar-refractivity contribution in [3.8, 4) is 11.5 Å². The van der Waals surface area contributed by atoms with Gasteiger partial charge in [-0.1, -0.05) is 6.07 Å². The van der Waals surface area contributed by atoms with Crippen LogP contribution in [0, 0.1) is 0 Å². The van der Waals surface area contributed by atoms with Gasteiger partial charge in [0.2, 0.25) is 5.91 Å². The summed E-state index contributed by atoms with van der Waals surface area (Å²) in [7, 11) is 0. The van der Waals surface area contributed by atoms with Crippen LogP contribution in [0.25, 0.3) is 0 Å². The fourth-order valence-electron chi connectivity index (χ4n) is 3.34. The normalized spacial score (nSPS) is 17.6. The van der Waals surface area contributed by atoms with Gasteiger partial charge in [0, 0.05) is 18.0 Å². The summed E-state index contributed by atoms with van der Waals surface area (Å²) in [5.41, 5.74) is 2.39. The number of rotatable bonds is 4. The summed E-state index contributed by atoms with van der Waals surface area (Å²) < 4.78 is 11.2. The number of amides is 1. The average Bonchev–Trinajstić information content (AvgIpc) is 3.09. The summed E-state index contributed by atoms with van der Waals surface area (Å²) >= 11 is 1.82. The monoisotopic (exact) mass is 358 g/mol. The largest absolute Gasteiger partial charge is 0.486 e. The van der Waals surface area contributed by atoms with E-state index in [0.717, 1.165) is 36.6 Å². The molecule has 2 aliphatic heterocycles. The van der Waals surface area contributed by atoms with Gasteiger partial charge in [-0.15, -0.1) is 11.3 Å². The molecular weight excluding hydrogens is 336 g/mol. The van der Waals surface area contributed by atoms with Crippen LogP contribution in [-0.4, -0.2) is 37.1 Å². The van der Waals surface area contributed by atoms with Gasteiger partial charge in [-0.2, -0.15) is 0 Å². The molecule has 1 unspecified atom stereocenters. The molecule has 6 heteroatoms. The molecule has 0 fully saturated rings. The van der Waals surface area contributed by atoms with E-state index in [9.17, 15) is 4.79 Å². The standard InChI is InChI=1S/C19H22N2O3S/c1-13(14-2-3-16-17(10-14)24-8-7-23-16)20-19(22)12-21-6-4-18-15(11-21)5-9-25-18/h2-3,5,9-10,13H,4,6-8,11-12H2,1H3,(H,20,22). The summed E-state index contributed by atoms with van der Waals surface area (Å²) in [6, 6.07) is 7.95. The lowest BCUT2D eigenvalue weighted by Gasteiger charge is -2.27. The van der Waals surface area contributed by atoms with Crippen molar-refractivity contribution in [2.24, 2.45) is 0 Å². The van der Waals surface area contributed by atoms with Crippen LogP contribution >= 0.6 is 11.3 Å². The Morgan fingerprint density at radius 3 is 3.00 bits per heavy atom. The summed E-state index contributed by atoms with van der Waals surface area (Å²) in [4.78, 5) is 16.1. The van der Waals surface area contributed by atoms with Gasteiger partial charge in [-0.25, -0.2) is 0 Å².